The van der Waals surface area contributed by atoms with Crippen molar-refractivity contribution in [3.05, 3.63) is 72.4 Å². The molecule has 0 aliphatic heterocycles. The van der Waals surface area contributed by atoms with Gasteiger partial charge in [-0.3, -0.25) is 14.2 Å². The molecule has 0 fully saturated rings. The number of aromatic nitrogens is 6. The molecule has 148 valence electrons. The van der Waals surface area contributed by atoms with Gasteiger partial charge >= 0.3 is 11.1 Å². The van der Waals surface area contributed by atoms with E-state index in [9.17, 15) is 14.8 Å². The molecule has 0 radical (unpaired) electrons. The van der Waals surface area contributed by atoms with E-state index in [0.717, 1.165) is 0 Å². The molecule has 4 rings (SSSR count). The fraction of sp³-hybridized carbons (Fsp3) is 0.118. The molecule has 0 amide bonds. The quantitative estimate of drug-likeness (QED) is 0.284. The maximum Gasteiger partial charge on any atom is 0.314 e. The summed E-state index contributed by atoms with van der Waals surface area (Å²) in [6.45, 7) is 0.0507. The number of nitrogens with zero attached hydrogens (tertiary/aromatic N) is 4. The molecular formula is C17H12Cl2N6O4. The molecule has 29 heavy (non-hydrogen) atoms. The van der Waals surface area contributed by atoms with E-state index in [1.807, 2.05) is 0 Å². The Kier molecular flexibility index (Phi) is 4.82. The van der Waals surface area contributed by atoms with Crippen LogP contribution in [0.15, 0.2) is 40.2 Å². The van der Waals surface area contributed by atoms with E-state index in [-0.39, 0.29) is 39.2 Å². The number of rotatable bonds is 4. The monoisotopic (exact) mass is 434 g/mol. The van der Waals surface area contributed by atoms with Crippen molar-refractivity contribution in [3.63, 3.8) is 0 Å². The number of hydrogen-bond donors (Lipinski definition) is 2. The lowest BCUT2D eigenvalue weighted by Gasteiger charge is -2.15. The standard InChI is InChI=1S/C17H12Cl2N6O4/c1-29-7-11-22-23-15(8-3-2-4-24(28)6-8)25(11)14-12(19)9(18)5-10-13(14)21-17(27)16(26)20-10/h2-6H,7H2,1H3,(H,20,26)(H,21,27). The summed E-state index contributed by atoms with van der Waals surface area (Å²) >= 11 is 12.8. The van der Waals surface area contributed by atoms with Crippen LogP contribution in [0.25, 0.3) is 28.1 Å². The van der Waals surface area contributed by atoms with Crippen molar-refractivity contribution < 1.29 is 9.47 Å². The summed E-state index contributed by atoms with van der Waals surface area (Å²) in [4.78, 5) is 28.7. The van der Waals surface area contributed by atoms with Gasteiger partial charge in [-0.1, -0.05) is 23.2 Å². The number of pyridine rings is 1. The van der Waals surface area contributed by atoms with E-state index in [0.29, 0.717) is 16.1 Å². The van der Waals surface area contributed by atoms with Crippen LogP contribution in [-0.2, 0) is 11.3 Å². The second kappa shape index (κ2) is 7.32. The number of nitrogens with one attached hydrogen (secondary N) is 2. The molecule has 0 aliphatic carbocycles. The predicted molar refractivity (Wildman–Crippen MR) is 105 cm³/mol. The first kappa shape index (κ1) is 19.1. The van der Waals surface area contributed by atoms with Gasteiger partial charge in [-0.15, -0.1) is 10.2 Å². The molecule has 0 unspecified atom stereocenters. The van der Waals surface area contributed by atoms with Crippen molar-refractivity contribution in [2.45, 2.75) is 6.61 Å². The van der Waals surface area contributed by atoms with Gasteiger partial charge in [-0.25, -0.2) is 0 Å². The van der Waals surface area contributed by atoms with Gasteiger partial charge in [-0.05, 0) is 12.1 Å². The van der Waals surface area contributed by atoms with Crippen LogP contribution in [0.1, 0.15) is 5.82 Å². The molecule has 0 saturated carbocycles. The number of ether oxygens (including phenoxy) is 1. The van der Waals surface area contributed by atoms with E-state index in [1.165, 1.54) is 30.1 Å². The highest BCUT2D eigenvalue weighted by molar-refractivity contribution is 6.44. The van der Waals surface area contributed by atoms with Gasteiger partial charge < -0.3 is 19.9 Å². The number of halogens is 2. The van der Waals surface area contributed by atoms with Crippen LogP contribution in [0.4, 0.5) is 0 Å². The summed E-state index contributed by atoms with van der Waals surface area (Å²) in [7, 11) is 1.48. The lowest BCUT2D eigenvalue weighted by atomic mass is 10.2. The van der Waals surface area contributed by atoms with Crippen molar-refractivity contribution in [1.29, 1.82) is 0 Å². The summed E-state index contributed by atoms with van der Waals surface area (Å²) in [5.41, 5.74) is -0.554. The summed E-state index contributed by atoms with van der Waals surface area (Å²) in [5, 5.41) is 20.3. The summed E-state index contributed by atoms with van der Waals surface area (Å²) in [5.74, 6) is 0.598. The zero-order chi connectivity index (χ0) is 20.7. The third-order valence-electron chi connectivity index (χ3n) is 4.15. The predicted octanol–water partition coefficient (Wildman–Crippen LogP) is 1.55. The van der Waals surface area contributed by atoms with E-state index in [1.54, 1.807) is 12.1 Å². The van der Waals surface area contributed by atoms with Crippen LogP contribution in [0, 0.1) is 5.21 Å². The number of aromatic amines is 2. The molecule has 12 heteroatoms. The Bertz CT molecular complexity index is 1360. The average molecular weight is 435 g/mol. The van der Waals surface area contributed by atoms with Crippen LogP contribution in [0.2, 0.25) is 10.0 Å². The Morgan fingerprint density at radius 1 is 1.24 bits per heavy atom. The van der Waals surface area contributed by atoms with Gasteiger partial charge in [0, 0.05) is 13.2 Å². The Hall–Kier alpha value is -3.21. The van der Waals surface area contributed by atoms with E-state index in [2.05, 4.69) is 20.2 Å². The van der Waals surface area contributed by atoms with Crippen LogP contribution < -0.4 is 15.8 Å². The Labute approximate surface area is 171 Å². The highest BCUT2D eigenvalue weighted by Gasteiger charge is 2.23. The third kappa shape index (κ3) is 3.27. The molecule has 0 saturated heterocycles. The molecule has 3 aromatic heterocycles. The van der Waals surface area contributed by atoms with Crippen molar-refractivity contribution in [1.82, 2.24) is 24.7 Å². The first-order valence-corrected chi connectivity index (χ1v) is 8.93. The fourth-order valence-corrected chi connectivity index (χ4v) is 3.38. The number of fused-ring (bicyclic) bond motifs is 1. The van der Waals surface area contributed by atoms with Gasteiger partial charge in [0.15, 0.2) is 24.0 Å². The number of benzene rings is 1. The molecule has 10 nitrogen and oxygen atoms in total. The smallest absolute Gasteiger partial charge is 0.314 e. The second-order valence-corrected chi connectivity index (χ2v) is 6.80. The molecule has 1 aromatic carbocycles. The number of methoxy groups -OCH3 is 1. The summed E-state index contributed by atoms with van der Waals surface area (Å²) in [6.07, 6.45) is 2.63. The number of hydrogen-bond acceptors (Lipinski definition) is 6. The topological polar surface area (TPSA) is 133 Å². The molecular weight excluding hydrogens is 423 g/mol. The Morgan fingerprint density at radius 2 is 2.00 bits per heavy atom. The first-order valence-electron chi connectivity index (χ1n) is 8.18. The largest absolute Gasteiger partial charge is 0.619 e. The molecule has 0 bridgehead atoms. The maximum absolute atomic E-state index is 12.0. The highest BCUT2D eigenvalue weighted by Crippen LogP contribution is 2.36. The highest BCUT2D eigenvalue weighted by atomic mass is 35.5. The molecule has 3 heterocycles. The average Bonchev–Trinajstić information content (AvgIpc) is 3.08. The fourth-order valence-electron chi connectivity index (χ4n) is 2.95. The molecule has 0 atom stereocenters. The minimum atomic E-state index is -0.864. The van der Waals surface area contributed by atoms with Crippen molar-refractivity contribution >= 4 is 34.2 Å². The van der Waals surface area contributed by atoms with Crippen LogP contribution >= 0.6 is 23.2 Å². The minimum Gasteiger partial charge on any atom is -0.619 e. The van der Waals surface area contributed by atoms with Crippen molar-refractivity contribution in [3.8, 4) is 17.1 Å². The number of H-pyrrole nitrogens is 2. The third-order valence-corrected chi connectivity index (χ3v) is 4.93. The van der Waals surface area contributed by atoms with E-state index < -0.39 is 11.1 Å². The minimum absolute atomic E-state index is 0.0507. The van der Waals surface area contributed by atoms with Gasteiger partial charge in [0.25, 0.3) is 0 Å². The van der Waals surface area contributed by atoms with Gasteiger partial charge in [-0.2, -0.15) is 4.73 Å². The zero-order valence-corrected chi connectivity index (χ0v) is 16.3. The Balaban J connectivity index is 2.14. The lowest BCUT2D eigenvalue weighted by molar-refractivity contribution is -0.604. The van der Waals surface area contributed by atoms with Crippen LogP contribution in [0.5, 0.6) is 0 Å². The molecule has 4 aromatic rings. The van der Waals surface area contributed by atoms with E-state index >= 15 is 0 Å². The zero-order valence-electron chi connectivity index (χ0n) is 14.8. The molecule has 0 aliphatic rings. The van der Waals surface area contributed by atoms with Crippen LogP contribution in [-0.4, -0.2) is 31.8 Å². The van der Waals surface area contributed by atoms with Crippen molar-refractivity contribution in [2.75, 3.05) is 7.11 Å². The molecule has 0 spiro atoms. The van der Waals surface area contributed by atoms with Crippen molar-refractivity contribution in [2.24, 2.45) is 0 Å². The maximum atomic E-state index is 12.0. The lowest BCUT2D eigenvalue weighted by Crippen LogP contribution is -2.29. The van der Waals surface area contributed by atoms with Gasteiger partial charge in [0.05, 0.1) is 32.3 Å². The summed E-state index contributed by atoms with van der Waals surface area (Å²) in [6, 6.07) is 4.64. The second-order valence-electron chi connectivity index (χ2n) is 6.01. The summed E-state index contributed by atoms with van der Waals surface area (Å²) < 4.78 is 7.32. The molecule has 2 N–H and O–H groups in total. The Morgan fingerprint density at radius 3 is 2.72 bits per heavy atom. The SMILES string of the molecule is COCc1nnc(-c2ccc[n+]([O-])c2)n1-c1c(Cl)c(Cl)cc2[nH]c(=O)c(=O)[nH]c12. The first-order chi connectivity index (χ1) is 13.9. The normalized spacial score (nSPS) is 11.3. The van der Waals surface area contributed by atoms with Gasteiger partial charge in [0.2, 0.25) is 0 Å². The van der Waals surface area contributed by atoms with E-state index in [4.69, 9.17) is 27.9 Å². The van der Waals surface area contributed by atoms with Crippen LogP contribution in [0.3, 0.4) is 0 Å². The van der Waals surface area contributed by atoms with Gasteiger partial charge in [0.1, 0.15) is 6.61 Å².